The Balaban J connectivity index is 1.76. The minimum absolute atomic E-state index is 0.0371. The predicted molar refractivity (Wildman–Crippen MR) is 104 cm³/mol. The normalized spacial score (nSPS) is 18.2. The molecule has 5 nitrogen and oxygen atoms in total. The number of hydrogen-bond donors (Lipinski definition) is 0. The fourth-order valence-electron chi connectivity index (χ4n) is 3.04. The molecule has 0 spiro atoms. The molecule has 1 atom stereocenters. The van der Waals surface area contributed by atoms with Crippen LogP contribution in [-0.2, 0) is 26.2 Å². The molecule has 0 N–H and O–H groups in total. The molecule has 1 unspecified atom stereocenters. The summed E-state index contributed by atoms with van der Waals surface area (Å²) in [6.45, 7) is 0.253. The number of hydrogen-bond acceptors (Lipinski definition) is 4. The number of carbonyl (C=O) groups excluding carboxylic acids is 1. The van der Waals surface area contributed by atoms with Crippen LogP contribution in [-0.4, -0.2) is 31.3 Å². The van der Waals surface area contributed by atoms with E-state index in [9.17, 15) is 13.2 Å². The van der Waals surface area contributed by atoms with Crippen LogP contribution >= 0.6 is 23.2 Å². The molecule has 1 fully saturated rings. The van der Waals surface area contributed by atoms with Gasteiger partial charge in [0.25, 0.3) is 0 Å². The highest BCUT2D eigenvalue weighted by atomic mass is 35.5. The van der Waals surface area contributed by atoms with Crippen LogP contribution in [0.2, 0.25) is 10.0 Å². The Morgan fingerprint density at radius 2 is 1.85 bits per heavy atom. The van der Waals surface area contributed by atoms with Gasteiger partial charge in [-0.2, -0.15) is 4.31 Å². The fraction of sp³-hybridized carbons (Fsp3) is 0.316. The van der Waals surface area contributed by atoms with Crippen molar-refractivity contribution in [3.8, 4) is 0 Å². The number of halogens is 2. The number of carbonyl (C=O) groups is 1. The zero-order chi connectivity index (χ0) is 19.4. The molecule has 1 aliphatic heterocycles. The van der Waals surface area contributed by atoms with E-state index in [0.29, 0.717) is 35.0 Å². The molecule has 0 aromatic heterocycles. The lowest BCUT2D eigenvalue weighted by Gasteiger charge is -2.33. The molecule has 3 rings (SSSR count). The zero-order valence-corrected chi connectivity index (χ0v) is 16.8. The lowest BCUT2D eigenvalue weighted by molar-refractivity contribution is -0.150. The highest BCUT2D eigenvalue weighted by Crippen LogP contribution is 2.27. The summed E-state index contributed by atoms with van der Waals surface area (Å²) in [5.74, 6) is -0.569. The van der Waals surface area contributed by atoms with E-state index in [1.807, 2.05) is 0 Å². The van der Waals surface area contributed by atoms with E-state index in [-0.39, 0.29) is 11.5 Å². The maximum absolute atomic E-state index is 13.0. The summed E-state index contributed by atoms with van der Waals surface area (Å²) in [4.78, 5) is 12.8. The Hall–Kier alpha value is -1.60. The minimum Gasteiger partial charge on any atom is -0.460 e. The third-order valence-corrected chi connectivity index (χ3v) is 6.97. The van der Waals surface area contributed by atoms with Crippen LogP contribution in [0.3, 0.4) is 0 Å². The number of rotatable bonds is 5. The quantitative estimate of drug-likeness (QED) is 0.667. The van der Waals surface area contributed by atoms with Gasteiger partial charge in [0, 0.05) is 22.2 Å². The van der Waals surface area contributed by atoms with Crippen LogP contribution < -0.4 is 0 Å². The van der Waals surface area contributed by atoms with E-state index in [1.54, 1.807) is 36.4 Å². The molecule has 2 aromatic rings. The van der Waals surface area contributed by atoms with Gasteiger partial charge in [0.15, 0.2) is 0 Å². The van der Waals surface area contributed by atoms with Gasteiger partial charge in [-0.05, 0) is 43.5 Å². The standard InChI is InChI=1S/C19H19Cl2NO4S/c20-15-10-9-14(17(21)12-15)13-26-19(23)18-8-4-5-11-22(18)27(24,25)16-6-2-1-3-7-16/h1-3,6-7,9-10,12,18H,4-5,8,11,13H2. The second-order valence-corrected chi connectivity index (χ2v) is 9.02. The van der Waals surface area contributed by atoms with Crippen molar-refractivity contribution in [3.63, 3.8) is 0 Å². The Morgan fingerprint density at radius 3 is 2.56 bits per heavy atom. The topological polar surface area (TPSA) is 63.7 Å². The molecule has 0 radical (unpaired) electrons. The Labute approximate surface area is 168 Å². The van der Waals surface area contributed by atoms with Crippen LogP contribution in [0, 0.1) is 0 Å². The van der Waals surface area contributed by atoms with Crippen LogP contribution in [0.4, 0.5) is 0 Å². The lowest BCUT2D eigenvalue weighted by atomic mass is 10.1. The highest BCUT2D eigenvalue weighted by Gasteiger charge is 2.38. The summed E-state index contributed by atoms with van der Waals surface area (Å²) in [5, 5.41) is 0.884. The smallest absolute Gasteiger partial charge is 0.324 e. The molecule has 2 aromatic carbocycles. The van der Waals surface area contributed by atoms with Crippen molar-refractivity contribution in [1.82, 2.24) is 4.31 Å². The van der Waals surface area contributed by atoms with Gasteiger partial charge in [-0.15, -0.1) is 0 Å². The average Bonchev–Trinajstić information content (AvgIpc) is 2.68. The van der Waals surface area contributed by atoms with Crippen molar-refractivity contribution < 1.29 is 17.9 Å². The summed E-state index contributed by atoms with van der Waals surface area (Å²) in [6, 6.07) is 12.2. The Morgan fingerprint density at radius 1 is 1.11 bits per heavy atom. The number of benzene rings is 2. The number of ether oxygens (including phenoxy) is 1. The molecule has 27 heavy (non-hydrogen) atoms. The van der Waals surface area contributed by atoms with Gasteiger partial charge in [-0.1, -0.05) is 47.5 Å². The molecular formula is C19H19Cl2NO4S. The highest BCUT2D eigenvalue weighted by molar-refractivity contribution is 7.89. The maximum Gasteiger partial charge on any atom is 0.324 e. The molecule has 1 heterocycles. The molecular weight excluding hydrogens is 409 g/mol. The van der Waals surface area contributed by atoms with Crippen molar-refractivity contribution in [2.75, 3.05) is 6.54 Å². The first-order valence-corrected chi connectivity index (χ1v) is 10.8. The van der Waals surface area contributed by atoms with Gasteiger partial charge in [0.1, 0.15) is 12.6 Å². The van der Waals surface area contributed by atoms with Crippen molar-refractivity contribution >= 4 is 39.2 Å². The molecule has 0 aliphatic carbocycles. The largest absolute Gasteiger partial charge is 0.460 e. The molecule has 144 valence electrons. The van der Waals surface area contributed by atoms with Gasteiger partial charge in [0.2, 0.25) is 10.0 Å². The van der Waals surface area contributed by atoms with Gasteiger partial charge in [0.05, 0.1) is 4.90 Å². The van der Waals surface area contributed by atoms with Crippen molar-refractivity contribution in [3.05, 3.63) is 64.1 Å². The molecule has 1 saturated heterocycles. The van der Waals surface area contributed by atoms with E-state index in [2.05, 4.69) is 0 Å². The summed E-state index contributed by atoms with van der Waals surface area (Å²) in [5.41, 5.74) is 0.614. The minimum atomic E-state index is -3.76. The van der Waals surface area contributed by atoms with Crippen molar-refractivity contribution in [2.45, 2.75) is 36.8 Å². The van der Waals surface area contributed by atoms with E-state index >= 15 is 0 Å². The first kappa shape index (κ1) is 20.1. The third kappa shape index (κ3) is 4.63. The summed E-state index contributed by atoms with van der Waals surface area (Å²) >= 11 is 12.0. The molecule has 0 saturated carbocycles. The van der Waals surface area contributed by atoms with Crippen molar-refractivity contribution in [1.29, 1.82) is 0 Å². The second kappa shape index (κ2) is 8.61. The van der Waals surface area contributed by atoms with Crippen molar-refractivity contribution in [2.24, 2.45) is 0 Å². The van der Waals surface area contributed by atoms with Crippen LogP contribution in [0.15, 0.2) is 53.4 Å². The summed E-state index contributed by atoms with van der Waals surface area (Å²) in [6.07, 6.45) is 1.90. The monoisotopic (exact) mass is 427 g/mol. The molecule has 0 amide bonds. The Kier molecular flexibility index (Phi) is 6.42. The maximum atomic E-state index is 13.0. The van der Waals surface area contributed by atoms with Crippen LogP contribution in [0.25, 0.3) is 0 Å². The SMILES string of the molecule is O=C(OCc1ccc(Cl)cc1Cl)C1CCCCN1S(=O)(=O)c1ccccc1. The fourth-order valence-corrected chi connectivity index (χ4v) is 5.17. The van der Waals surface area contributed by atoms with E-state index in [4.69, 9.17) is 27.9 Å². The molecule has 1 aliphatic rings. The Bertz CT molecular complexity index is 919. The number of nitrogens with zero attached hydrogens (tertiary/aromatic N) is 1. The first-order valence-electron chi connectivity index (χ1n) is 8.57. The van der Waals surface area contributed by atoms with Gasteiger partial charge in [-0.3, -0.25) is 4.79 Å². The van der Waals surface area contributed by atoms with Gasteiger partial charge in [-0.25, -0.2) is 8.42 Å². The lowest BCUT2D eigenvalue weighted by Crippen LogP contribution is -2.48. The first-order chi connectivity index (χ1) is 12.9. The van der Waals surface area contributed by atoms with E-state index in [0.717, 1.165) is 6.42 Å². The number of piperidine rings is 1. The van der Waals surface area contributed by atoms with E-state index in [1.165, 1.54) is 16.4 Å². The second-order valence-electron chi connectivity index (χ2n) is 6.28. The predicted octanol–water partition coefficient (Wildman–Crippen LogP) is 4.28. The van der Waals surface area contributed by atoms with Gasteiger partial charge >= 0.3 is 5.97 Å². The number of sulfonamides is 1. The number of esters is 1. The summed E-state index contributed by atoms with van der Waals surface area (Å²) in [7, 11) is -3.76. The third-order valence-electron chi connectivity index (χ3n) is 4.46. The van der Waals surface area contributed by atoms with Crippen LogP contribution in [0.5, 0.6) is 0 Å². The molecule has 8 heteroatoms. The van der Waals surface area contributed by atoms with Gasteiger partial charge < -0.3 is 4.74 Å². The molecule has 0 bridgehead atoms. The zero-order valence-electron chi connectivity index (χ0n) is 14.5. The van der Waals surface area contributed by atoms with E-state index < -0.39 is 22.0 Å². The van der Waals surface area contributed by atoms with Crippen LogP contribution in [0.1, 0.15) is 24.8 Å². The summed E-state index contributed by atoms with van der Waals surface area (Å²) < 4.78 is 32.5. The average molecular weight is 428 g/mol.